The zero-order valence-electron chi connectivity index (χ0n) is 12.9. The Kier molecular flexibility index (Phi) is 4.53. The molecule has 0 saturated heterocycles. The summed E-state index contributed by atoms with van der Waals surface area (Å²) in [7, 11) is 0. The van der Waals surface area contributed by atoms with Crippen molar-refractivity contribution < 1.29 is 14.3 Å². The Morgan fingerprint density at radius 3 is 2.54 bits per heavy atom. The van der Waals surface area contributed by atoms with Crippen LogP contribution in [0.3, 0.4) is 0 Å². The van der Waals surface area contributed by atoms with E-state index in [4.69, 9.17) is 16.3 Å². The molecule has 6 heteroatoms. The maximum Gasteiger partial charge on any atom is 0.356 e. The molecular formula is C18H15ClN2O3. The summed E-state index contributed by atoms with van der Waals surface area (Å²) in [4.78, 5) is 27.7. The Balaban J connectivity index is 2.00. The first kappa shape index (κ1) is 16.1. The number of rotatable bonds is 4. The number of para-hydroxylation sites is 1. The Morgan fingerprint density at radius 1 is 1.12 bits per heavy atom. The third kappa shape index (κ3) is 3.12. The quantitative estimate of drug-likeness (QED) is 0.696. The van der Waals surface area contributed by atoms with Crippen LogP contribution in [0.2, 0.25) is 5.02 Å². The lowest BCUT2D eigenvalue weighted by atomic mass is 10.2. The van der Waals surface area contributed by atoms with Gasteiger partial charge in [0.15, 0.2) is 0 Å². The zero-order valence-corrected chi connectivity index (χ0v) is 13.7. The fraction of sp³-hybridized carbons (Fsp3) is 0.111. The van der Waals surface area contributed by atoms with Gasteiger partial charge < -0.3 is 15.0 Å². The monoisotopic (exact) mass is 342 g/mol. The number of fused-ring (bicyclic) bond motifs is 1. The van der Waals surface area contributed by atoms with Crippen LogP contribution in [0, 0.1) is 0 Å². The number of hydrogen-bond acceptors (Lipinski definition) is 3. The highest BCUT2D eigenvalue weighted by molar-refractivity contribution is 6.30. The molecule has 3 rings (SSSR count). The van der Waals surface area contributed by atoms with Crippen molar-refractivity contribution >= 4 is 40.1 Å². The summed E-state index contributed by atoms with van der Waals surface area (Å²) in [5.41, 5.74) is 1.82. The third-order valence-electron chi connectivity index (χ3n) is 3.53. The molecule has 0 atom stereocenters. The molecule has 1 heterocycles. The lowest BCUT2D eigenvalue weighted by Crippen LogP contribution is -2.15. The van der Waals surface area contributed by atoms with Crippen molar-refractivity contribution in [2.75, 3.05) is 11.9 Å². The summed E-state index contributed by atoms with van der Waals surface area (Å²) in [6.45, 7) is 1.98. The maximum absolute atomic E-state index is 12.5. The molecule has 2 aromatic carbocycles. The number of ether oxygens (including phenoxy) is 1. The topological polar surface area (TPSA) is 71.2 Å². The number of carbonyl (C=O) groups excluding carboxylic acids is 2. The number of halogens is 1. The van der Waals surface area contributed by atoms with Gasteiger partial charge in [-0.05, 0) is 37.3 Å². The number of nitrogens with one attached hydrogen (secondary N) is 2. The van der Waals surface area contributed by atoms with Gasteiger partial charge in [-0.3, -0.25) is 4.79 Å². The first-order valence-corrected chi connectivity index (χ1v) is 7.82. The van der Waals surface area contributed by atoms with Crippen LogP contribution in [0.1, 0.15) is 27.8 Å². The van der Waals surface area contributed by atoms with Crippen molar-refractivity contribution in [1.82, 2.24) is 4.98 Å². The number of H-pyrrole nitrogens is 1. The minimum Gasteiger partial charge on any atom is -0.461 e. The van der Waals surface area contributed by atoms with Crippen LogP contribution in [0.4, 0.5) is 5.69 Å². The average Bonchev–Trinajstić information content (AvgIpc) is 2.94. The molecule has 122 valence electrons. The Bertz CT molecular complexity index is 900. The number of hydrogen-bond donors (Lipinski definition) is 2. The number of carbonyl (C=O) groups is 2. The van der Waals surface area contributed by atoms with Gasteiger partial charge in [-0.1, -0.05) is 29.8 Å². The molecular weight excluding hydrogens is 328 g/mol. The van der Waals surface area contributed by atoms with E-state index in [1.807, 2.05) is 24.3 Å². The fourth-order valence-electron chi connectivity index (χ4n) is 2.42. The van der Waals surface area contributed by atoms with E-state index >= 15 is 0 Å². The van der Waals surface area contributed by atoms with Gasteiger partial charge in [0.2, 0.25) is 0 Å². The van der Waals surface area contributed by atoms with Gasteiger partial charge in [-0.15, -0.1) is 0 Å². The predicted molar refractivity (Wildman–Crippen MR) is 93.7 cm³/mol. The molecule has 1 amide bonds. The van der Waals surface area contributed by atoms with Crippen molar-refractivity contribution in [3.05, 3.63) is 64.8 Å². The molecule has 0 aliphatic carbocycles. The van der Waals surface area contributed by atoms with Gasteiger partial charge in [0.05, 0.1) is 12.3 Å². The largest absolute Gasteiger partial charge is 0.461 e. The van der Waals surface area contributed by atoms with E-state index in [1.165, 1.54) is 0 Å². The Hall–Kier alpha value is -2.79. The van der Waals surface area contributed by atoms with Crippen LogP contribution in [0.5, 0.6) is 0 Å². The summed E-state index contributed by atoms with van der Waals surface area (Å²) in [6, 6.07) is 13.9. The van der Waals surface area contributed by atoms with Gasteiger partial charge >= 0.3 is 5.97 Å². The van der Waals surface area contributed by atoms with Crippen molar-refractivity contribution in [2.45, 2.75) is 6.92 Å². The summed E-state index contributed by atoms with van der Waals surface area (Å²) in [6.07, 6.45) is 0. The highest BCUT2D eigenvalue weighted by Gasteiger charge is 2.20. The van der Waals surface area contributed by atoms with Gasteiger partial charge in [0, 0.05) is 21.5 Å². The van der Waals surface area contributed by atoms with E-state index in [-0.39, 0.29) is 18.2 Å². The van der Waals surface area contributed by atoms with Crippen molar-refractivity contribution in [3.8, 4) is 0 Å². The lowest BCUT2D eigenvalue weighted by molar-refractivity contribution is 0.0522. The molecule has 5 nitrogen and oxygen atoms in total. The van der Waals surface area contributed by atoms with Crippen molar-refractivity contribution in [2.24, 2.45) is 0 Å². The molecule has 0 fully saturated rings. The minimum absolute atomic E-state index is 0.223. The third-order valence-corrected chi connectivity index (χ3v) is 3.78. The number of anilines is 1. The van der Waals surface area contributed by atoms with Gasteiger partial charge in [-0.2, -0.15) is 0 Å². The van der Waals surface area contributed by atoms with E-state index in [0.29, 0.717) is 16.3 Å². The smallest absolute Gasteiger partial charge is 0.356 e. The number of amides is 1. The molecule has 0 bridgehead atoms. The molecule has 3 aromatic rings. The standard InChI is InChI=1S/C18H15ClN2O3/c1-2-24-18(23)16-15(13-5-3-4-6-14(13)20-16)21-17(22)11-7-9-12(19)10-8-11/h3-10,20H,2H2,1H3,(H,21,22). The van der Waals surface area contributed by atoms with Crippen LogP contribution >= 0.6 is 11.6 Å². The second-order valence-corrected chi connectivity index (χ2v) is 5.54. The van der Waals surface area contributed by atoms with Crippen LogP contribution in [0.25, 0.3) is 10.9 Å². The van der Waals surface area contributed by atoms with E-state index in [0.717, 1.165) is 10.9 Å². The van der Waals surface area contributed by atoms with E-state index in [1.54, 1.807) is 31.2 Å². The second-order valence-electron chi connectivity index (χ2n) is 5.10. The normalized spacial score (nSPS) is 10.6. The van der Waals surface area contributed by atoms with Crippen LogP contribution in [0.15, 0.2) is 48.5 Å². The summed E-state index contributed by atoms with van der Waals surface area (Å²) < 4.78 is 5.06. The maximum atomic E-state index is 12.5. The Morgan fingerprint density at radius 2 is 1.83 bits per heavy atom. The van der Waals surface area contributed by atoms with Crippen molar-refractivity contribution in [3.63, 3.8) is 0 Å². The molecule has 1 aromatic heterocycles. The predicted octanol–water partition coefficient (Wildman–Crippen LogP) is 4.25. The average molecular weight is 343 g/mol. The first-order valence-electron chi connectivity index (χ1n) is 7.45. The first-order chi connectivity index (χ1) is 11.6. The van der Waals surface area contributed by atoms with Crippen LogP contribution < -0.4 is 5.32 Å². The van der Waals surface area contributed by atoms with Crippen LogP contribution in [-0.2, 0) is 4.74 Å². The van der Waals surface area contributed by atoms with Crippen LogP contribution in [-0.4, -0.2) is 23.5 Å². The van der Waals surface area contributed by atoms with E-state index < -0.39 is 5.97 Å². The molecule has 0 spiro atoms. The molecule has 2 N–H and O–H groups in total. The van der Waals surface area contributed by atoms with Gasteiger partial charge in [-0.25, -0.2) is 4.79 Å². The number of esters is 1. The fourth-order valence-corrected chi connectivity index (χ4v) is 2.54. The molecule has 0 unspecified atom stereocenters. The summed E-state index contributed by atoms with van der Waals surface area (Å²) in [5.74, 6) is -0.845. The zero-order chi connectivity index (χ0) is 17.1. The summed E-state index contributed by atoms with van der Waals surface area (Å²) >= 11 is 5.84. The second kappa shape index (κ2) is 6.76. The number of benzene rings is 2. The molecule has 0 aliphatic heterocycles. The van der Waals surface area contributed by atoms with Crippen molar-refractivity contribution in [1.29, 1.82) is 0 Å². The minimum atomic E-state index is -0.514. The summed E-state index contributed by atoms with van der Waals surface area (Å²) in [5, 5.41) is 4.08. The van der Waals surface area contributed by atoms with Gasteiger partial charge in [0.25, 0.3) is 5.91 Å². The molecule has 24 heavy (non-hydrogen) atoms. The van der Waals surface area contributed by atoms with E-state index in [9.17, 15) is 9.59 Å². The number of aromatic amines is 1. The molecule has 0 radical (unpaired) electrons. The van der Waals surface area contributed by atoms with E-state index in [2.05, 4.69) is 10.3 Å². The number of aromatic nitrogens is 1. The highest BCUT2D eigenvalue weighted by Crippen LogP contribution is 2.29. The highest BCUT2D eigenvalue weighted by atomic mass is 35.5. The lowest BCUT2D eigenvalue weighted by Gasteiger charge is -2.07. The molecule has 0 saturated carbocycles. The van der Waals surface area contributed by atoms with Gasteiger partial charge in [0.1, 0.15) is 5.69 Å². The molecule has 0 aliphatic rings. The SMILES string of the molecule is CCOC(=O)c1[nH]c2ccccc2c1NC(=O)c1ccc(Cl)cc1. The Labute approximate surface area is 143 Å².